The normalized spacial score (nSPS) is 18.9. The highest BCUT2D eigenvalue weighted by atomic mass is 19.4. The zero-order chi connectivity index (χ0) is 21.4. The van der Waals surface area contributed by atoms with E-state index in [0.29, 0.717) is 22.5 Å². The van der Waals surface area contributed by atoms with E-state index in [4.69, 9.17) is 0 Å². The summed E-state index contributed by atoms with van der Waals surface area (Å²) in [7, 11) is 0. The van der Waals surface area contributed by atoms with Crippen LogP contribution in [0.4, 0.5) is 24.5 Å². The number of hydrogen-bond acceptors (Lipinski definition) is 3. The fourth-order valence-corrected chi connectivity index (χ4v) is 4.66. The first-order valence-corrected chi connectivity index (χ1v) is 9.57. The monoisotopic (exact) mass is 421 g/mol. The smallest absolute Gasteiger partial charge is 0.406 e. The lowest BCUT2D eigenvalue weighted by Crippen LogP contribution is -2.45. The van der Waals surface area contributed by atoms with Crippen molar-refractivity contribution in [2.24, 2.45) is 0 Å². The fraction of sp³-hybridized carbons (Fsp3) is 0.0870. The highest BCUT2D eigenvalue weighted by Gasteiger charge is 2.53. The van der Waals surface area contributed by atoms with E-state index in [1.807, 2.05) is 48.5 Å². The maximum Gasteiger partial charge on any atom is 0.573 e. The Morgan fingerprint density at radius 2 is 1.68 bits per heavy atom. The molecule has 1 spiro atoms. The lowest BCUT2D eigenvalue weighted by atomic mass is 9.78. The molecule has 0 aliphatic carbocycles. The number of amides is 1. The number of H-pyrrole nitrogens is 1. The molecule has 1 atom stereocenters. The van der Waals surface area contributed by atoms with Crippen LogP contribution in [0, 0.1) is 0 Å². The van der Waals surface area contributed by atoms with Gasteiger partial charge in [-0.05, 0) is 30.3 Å². The van der Waals surface area contributed by atoms with Crippen LogP contribution in [0.1, 0.15) is 11.1 Å². The van der Waals surface area contributed by atoms with E-state index in [2.05, 4.69) is 20.4 Å². The third-order valence-corrected chi connectivity index (χ3v) is 5.82. The molecule has 6 rings (SSSR count). The number of rotatable bonds is 1. The number of aromatic amines is 1. The summed E-state index contributed by atoms with van der Waals surface area (Å²) in [6, 6.07) is 18.9. The molecule has 2 aliphatic heterocycles. The number of fused-ring (bicyclic) bond motifs is 8. The zero-order valence-corrected chi connectivity index (χ0v) is 15.8. The Balaban J connectivity index is 1.68. The summed E-state index contributed by atoms with van der Waals surface area (Å²) < 4.78 is 42.8. The highest BCUT2D eigenvalue weighted by Crippen LogP contribution is 2.54. The minimum atomic E-state index is -4.84. The van der Waals surface area contributed by atoms with E-state index < -0.39 is 11.9 Å². The summed E-state index contributed by atoms with van der Waals surface area (Å²) in [5, 5.41) is 6.97. The molecule has 3 N–H and O–H groups in total. The molecule has 0 bridgehead atoms. The molecular weight excluding hydrogens is 407 g/mol. The average Bonchev–Trinajstić information content (AvgIpc) is 3.24. The summed E-state index contributed by atoms with van der Waals surface area (Å²) in [6.07, 6.45) is -4.84. The van der Waals surface area contributed by atoms with Gasteiger partial charge in [-0.25, -0.2) is 0 Å². The van der Waals surface area contributed by atoms with Crippen LogP contribution in [0.25, 0.3) is 22.2 Å². The van der Waals surface area contributed by atoms with Crippen molar-refractivity contribution < 1.29 is 22.7 Å². The standard InChI is InChI=1S/C23H14F3N3O2/c24-23(25,26)31-12-9-10-18-15(11-12)22(21(30)28-18)19-13-5-1-3-7-16(13)27-20(19)14-6-2-4-8-17(14)29-22/h1-11,27,29H,(H,28,30)/t22-/m0/s1. The predicted molar refractivity (Wildman–Crippen MR) is 110 cm³/mol. The molecule has 0 radical (unpaired) electrons. The number of ether oxygens (including phenoxy) is 1. The van der Waals surface area contributed by atoms with Crippen molar-refractivity contribution in [1.82, 2.24) is 4.98 Å². The molecule has 31 heavy (non-hydrogen) atoms. The van der Waals surface area contributed by atoms with Gasteiger partial charge in [-0.15, -0.1) is 13.2 Å². The van der Waals surface area contributed by atoms with Gasteiger partial charge in [0.2, 0.25) is 0 Å². The molecule has 2 aliphatic rings. The van der Waals surface area contributed by atoms with Crippen LogP contribution >= 0.6 is 0 Å². The van der Waals surface area contributed by atoms with Gasteiger partial charge in [0.05, 0.1) is 5.69 Å². The Kier molecular flexibility index (Phi) is 3.35. The zero-order valence-electron chi connectivity index (χ0n) is 15.8. The van der Waals surface area contributed by atoms with E-state index >= 15 is 0 Å². The molecule has 4 aromatic rings. The van der Waals surface area contributed by atoms with Gasteiger partial charge >= 0.3 is 6.36 Å². The maximum absolute atomic E-state index is 13.5. The third-order valence-electron chi connectivity index (χ3n) is 5.82. The Hall–Kier alpha value is -3.94. The van der Waals surface area contributed by atoms with E-state index in [1.54, 1.807) is 0 Å². The molecule has 0 saturated heterocycles. The molecule has 0 unspecified atom stereocenters. The summed E-state index contributed by atoms with van der Waals surface area (Å²) >= 11 is 0. The first-order valence-electron chi connectivity index (χ1n) is 9.57. The molecule has 1 aromatic heterocycles. The topological polar surface area (TPSA) is 66.2 Å². The second-order valence-electron chi connectivity index (χ2n) is 7.55. The van der Waals surface area contributed by atoms with Gasteiger partial charge in [-0.1, -0.05) is 36.4 Å². The molecular formula is C23H14F3N3O2. The largest absolute Gasteiger partial charge is 0.573 e. The van der Waals surface area contributed by atoms with Crippen LogP contribution in [-0.4, -0.2) is 17.3 Å². The minimum absolute atomic E-state index is 0.368. The van der Waals surface area contributed by atoms with Crippen molar-refractivity contribution in [2.75, 3.05) is 10.6 Å². The number of anilines is 2. The van der Waals surface area contributed by atoms with Gasteiger partial charge in [-0.2, -0.15) is 0 Å². The second kappa shape index (κ2) is 5.81. The molecule has 1 amide bonds. The van der Waals surface area contributed by atoms with Crippen molar-refractivity contribution in [3.05, 3.63) is 77.9 Å². The van der Waals surface area contributed by atoms with E-state index in [9.17, 15) is 18.0 Å². The van der Waals surface area contributed by atoms with Gasteiger partial charge in [0.15, 0.2) is 5.54 Å². The van der Waals surface area contributed by atoms with Crippen LogP contribution in [0.2, 0.25) is 0 Å². The Morgan fingerprint density at radius 1 is 0.903 bits per heavy atom. The van der Waals surface area contributed by atoms with Crippen molar-refractivity contribution in [3.8, 4) is 17.0 Å². The molecule has 3 aromatic carbocycles. The Morgan fingerprint density at radius 3 is 2.52 bits per heavy atom. The number of aromatic nitrogens is 1. The van der Waals surface area contributed by atoms with Gasteiger partial charge < -0.3 is 20.4 Å². The van der Waals surface area contributed by atoms with Gasteiger partial charge in [0, 0.05) is 39.0 Å². The van der Waals surface area contributed by atoms with Gasteiger partial charge in [0.25, 0.3) is 5.91 Å². The first kappa shape index (κ1) is 17.9. The number of alkyl halides is 3. The number of para-hydroxylation sites is 2. The lowest BCUT2D eigenvalue weighted by Gasteiger charge is -2.36. The number of benzene rings is 3. The number of carbonyl (C=O) groups is 1. The molecule has 0 fully saturated rings. The van der Waals surface area contributed by atoms with Crippen LogP contribution < -0.4 is 15.4 Å². The van der Waals surface area contributed by atoms with Gasteiger partial charge in [-0.3, -0.25) is 4.79 Å². The Labute approximate surface area is 173 Å². The second-order valence-corrected chi connectivity index (χ2v) is 7.55. The highest BCUT2D eigenvalue weighted by molar-refractivity contribution is 6.16. The molecule has 3 heterocycles. The third kappa shape index (κ3) is 2.41. The van der Waals surface area contributed by atoms with Crippen LogP contribution in [-0.2, 0) is 10.3 Å². The maximum atomic E-state index is 13.5. The number of carbonyl (C=O) groups excluding carboxylic acids is 1. The number of halogens is 3. The fourth-order valence-electron chi connectivity index (χ4n) is 4.66. The van der Waals surface area contributed by atoms with Crippen molar-refractivity contribution >= 4 is 28.2 Å². The van der Waals surface area contributed by atoms with Crippen molar-refractivity contribution in [2.45, 2.75) is 11.9 Å². The van der Waals surface area contributed by atoms with Crippen molar-refractivity contribution in [1.29, 1.82) is 0 Å². The minimum Gasteiger partial charge on any atom is -0.406 e. The SMILES string of the molecule is O=C1Nc2ccc(OC(F)(F)F)cc2[C@@]12Nc1ccccc1-c1[nH]c3ccccc3c12. The van der Waals surface area contributed by atoms with Crippen molar-refractivity contribution in [3.63, 3.8) is 0 Å². The molecule has 5 nitrogen and oxygen atoms in total. The Bertz CT molecular complexity index is 1390. The summed E-state index contributed by atoms with van der Waals surface area (Å²) in [5.41, 5.74) is 3.22. The average molecular weight is 421 g/mol. The van der Waals surface area contributed by atoms with Crippen LogP contribution in [0.3, 0.4) is 0 Å². The lowest BCUT2D eigenvalue weighted by molar-refractivity contribution is -0.274. The van der Waals surface area contributed by atoms with Crippen LogP contribution in [0.5, 0.6) is 5.75 Å². The number of hydrogen-bond donors (Lipinski definition) is 3. The first-order chi connectivity index (χ1) is 14.9. The van der Waals surface area contributed by atoms with E-state index in [1.165, 1.54) is 18.2 Å². The number of nitrogens with one attached hydrogen (secondary N) is 3. The summed E-state index contributed by atoms with van der Waals surface area (Å²) in [4.78, 5) is 16.9. The van der Waals surface area contributed by atoms with Crippen LogP contribution in [0.15, 0.2) is 66.7 Å². The van der Waals surface area contributed by atoms with E-state index in [-0.39, 0.29) is 11.7 Å². The predicted octanol–water partition coefficient (Wildman–Crippen LogP) is 5.35. The quantitative estimate of drug-likeness (QED) is 0.388. The molecule has 154 valence electrons. The summed E-state index contributed by atoms with van der Waals surface area (Å²) in [5.74, 6) is -0.753. The van der Waals surface area contributed by atoms with E-state index in [0.717, 1.165) is 22.2 Å². The summed E-state index contributed by atoms with van der Waals surface area (Å²) in [6.45, 7) is 0. The van der Waals surface area contributed by atoms with Gasteiger partial charge in [0.1, 0.15) is 5.75 Å². The molecule has 8 heteroatoms. The molecule has 0 saturated carbocycles.